The van der Waals surface area contributed by atoms with Gasteiger partial charge in [0.25, 0.3) is 0 Å². The zero-order valence-electron chi connectivity index (χ0n) is 10.9. The molecule has 5 heteroatoms. The van der Waals surface area contributed by atoms with Crippen molar-refractivity contribution in [2.75, 3.05) is 6.54 Å². The summed E-state index contributed by atoms with van der Waals surface area (Å²) in [6.07, 6.45) is 0.975. The van der Waals surface area contributed by atoms with Gasteiger partial charge in [-0.1, -0.05) is 37.9 Å². The van der Waals surface area contributed by atoms with Crippen LogP contribution >= 0.6 is 43.2 Å². The summed E-state index contributed by atoms with van der Waals surface area (Å²) in [5, 5.41) is 6.81. The van der Waals surface area contributed by atoms with E-state index in [4.69, 9.17) is 0 Å². The largest absolute Gasteiger partial charge is 0.310 e. The minimum Gasteiger partial charge on any atom is -0.310 e. The molecule has 2 aromatic rings. The predicted octanol–water partition coefficient (Wildman–Crippen LogP) is 4.87. The summed E-state index contributed by atoms with van der Waals surface area (Å²) in [7, 11) is 0. The average Bonchev–Trinajstić information content (AvgIpc) is 2.75. The zero-order valence-corrected chi connectivity index (χ0v) is 14.9. The van der Waals surface area contributed by atoms with Crippen molar-refractivity contribution < 1.29 is 0 Å². The molecule has 1 unspecified atom stereocenters. The van der Waals surface area contributed by atoms with E-state index in [1.807, 2.05) is 6.92 Å². The van der Waals surface area contributed by atoms with Crippen molar-refractivity contribution in [3.05, 3.63) is 48.8 Å². The van der Waals surface area contributed by atoms with Crippen LogP contribution in [-0.2, 0) is 6.42 Å². The van der Waals surface area contributed by atoms with Crippen molar-refractivity contribution in [3.63, 3.8) is 0 Å². The molecule has 1 atom stereocenters. The third-order valence-electron chi connectivity index (χ3n) is 2.93. The minimum atomic E-state index is 0.321. The van der Waals surface area contributed by atoms with Crippen LogP contribution in [0.2, 0.25) is 0 Å². The van der Waals surface area contributed by atoms with Crippen LogP contribution in [0.4, 0.5) is 0 Å². The molecule has 0 saturated heterocycles. The van der Waals surface area contributed by atoms with E-state index in [-0.39, 0.29) is 0 Å². The first-order valence-corrected chi connectivity index (χ1v) is 8.62. The molecule has 1 aromatic carbocycles. The molecule has 0 radical (unpaired) electrons. The van der Waals surface area contributed by atoms with Gasteiger partial charge in [-0.2, -0.15) is 0 Å². The van der Waals surface area contributed by atoms with E-state index in [1.165, 1.54) is 11.3 Å². The highest BCUT2D eigenvalue weighted by atomic mass is 79.9. The normalized spacial score (nSPS) is 12.6. The highest BCUT2D eigenvalue weighted by Gasteiger charge is 2.09. The lowest BCUT2D eigenvalue weighted by Crippen LogP contribution is -2.21. The second kappa shape index (κ2) is 6.97. The zero-order chi connectivity index (χ0) is 13.8. The van der Waals surface area contributed by atoms with Crippen LogP contribution in [0.25, 0.3) is 0 Å². The number of benzene rings is 1. The van der Waals surface area contributed by atoms with E-state index < -0.39 is 0 Å². The summed E-state index contributed by atoms with van der Waals surface area (Å²) >= 11 is 8.79. The van der Waals surface area contributed by atoms with Crippen molar-refractivity contribution in [2.24, 2.45) is 0 Å². The van der Waals surface area contributed by atoms with Gasteiger partial charge in [0.15, 0.2) is 0 Å². The van der Waals surface area contributed by atoms with Gasteiger partial charge in [-0.15, -0.1) is 11.3 Å². The van der Waals surface area contributed by atoms with Crippen LogP contribution in [0.15, 0.2) is 32.5 Å². The lowest BCUT2D eigenvalue weighted by Gasteiger charge is -2.15. The minimum absolute atomic E-state index is 0.321. The van der Waals surface area contributed by atoms with Crippen LogP contribution < -0.4 is 5.32 Å². The van der Waals surface area contributed by atoms with Crippen molar-refractivity contribution in [1.29, 1.82) is 0 Å². The molecule has 19 heavy (non-hydrogen) atoms. The van der Waals surface area contributed by atoms with Gasteiger partial charge in [0.1, 0.15) is 0 Å². The number of aromatic nitrogens is 1. The number of nitrogens with one attached hydrogen (secondary N) is 1. The van der Waals surface area contributed by atoms with Crippen molar-refractivity contribution in [1.82, 2.24) is 10.3 Å². The number of rotatable bonds is 5. The summed E-state index contributed by atoms with van der Waals surface area (Å²) in [5.74, 6) is 0. The van der Waals surface area contributed by atoms with Crippen molar-refractivity contribution in [2.45, 2.75) is 26.3 Å². The summed E-state index contributed by atoms with van der Waals surface area (Å²) in [6, 6.07) is 6.61. The molecule has 0 saturated carbocycles. The van der Waals surface area contributed by atoms with Gasteiger partial charge in [-0.05, 0) is 31.5 Å². The van der Waals surface area contributed by atoms with E-state index in [0.717, 1.165) is 26.9 Å². The molecule has 0 bridgehead atoms. The van der Waals surface area contributed by atoms with Gasteiger partial charge in [0.2, 0.25) is 0 Å². The molecule has 102 valence electrons. The molecule has 1 aromatic heterocycles. The Balaban J connectivity index is 1.88. The molecule has 0 aliphatic rings. The Morgan fingerprint density at radius 3 is 2.79 bits per heavy atom. The third kappa shape index (κ3) is 4.38. The quantitative estimate of drug-likeness (QED) is 0.770. The summed E-state index contributed by atoms with van der Waals surface area (Å²) in [4.78, 5) is 4.47. The number of nitrogens with zero attached hydrogens (tertiary/aromatic N) is 1. The van der Waals surface area contributed by atoms with E-state index in [2.05, 4.69) is 72.7 Å². The van der Waals surface area contributed by atoms with Gasteiger partial charge in [0.05, 0.1) is 10.7 Å². The van der Waals surface area contributed by atoms with Crippen LogP contribution in [0.3, 0.4) is 0 Å². The first kappa shape index (κ1) is 15.2. The van der Waals surface area contributed by atoms with E-state index in [0.29, 0.717) is 6.04 Å². The predicted molar refractivity (Wildman–Crippen MR) is 88.8 cm³/mol. The van der Waals surface area contributed by atoms with Crippen molar-refractivity contribution >= 4 is 43.2 Å². The maximum Gasteiger partial charge on any atom is 0.0897 e. The molecule has 0 aliphatic heterocycles. The molecule has 1 N–H and O–H groups in total. The number of aryl methyl sites for hydroxylation is 1. The third-order valence-corrected chi connectivity index (χ3v) is 4.93. The molecular formula is C14H16Br2N2S. The van der Waals surface area contributed by atoms with Crippen LogP contribution in [0.1, 0.15) is 29.2 Å². The summed E-state index contributed by atoms with van der Waals surface area (Å²) < 4.78 is 2.22. The number of halogens is 2. The summed E-state index contributed by atoms with van der Waals surface area (Å²) in [6.45, 7) is 5.16. The van der Waals surface area contributed by atoms with Gasteiger partial charge >= 0.3 is 0 Å². The lowest BCUT2D eigenvalue weighted by molar-refractivity contribution is 0.572. The molecule has 0 fully saturated rings. The Morgan fingerprint density at radius 2 is 2.16 bits per heavy atom. The Morgan fingerprint density at radius 1 is 1.37 bits per heavy atom. The van der Waals surface area contributed by atoms with Crippen LogP contribution in [-0.4, -0.2) is 11.5 Å². The van der Waals surface area contributed by atoms with Crippen LogP contribution in [0.5, 0.6) is 0 Å². The molecular weight excluding hydrogens is 388 g/mol. The van der Waals surface area contributed by atoms with Crippen molar-refractivity contribution in [3.8, 4) is 0 Å². The molecule has 0 spiro atoms. The topological polar surface area (TPSA) is 24.9 Å². The van der Waals surface area contributed by atoms with Gasteiger partial charge in [-0.25, -0.2) is 4.98 Å². The standard InChI is InChI=1S/C14H16Br2N2S/c1-9(13-4-3-11(15)7-14(13)16)17-6-5-12-8-19-10(2)18-12/h3-4,7-9,17H,5-6H2,1-2H3. The Labute approximate surface area is 134 Å². The fourth-order valence-electron chi connectivity index (χ4n) is 1.90. The van der Waals surface area contributed by atoms with E-state index in [1.54, 1.807) is 11.3 Å². The molecule has 1 heterocycles. The van der Waals surface area contributed by atoms with Crippen LogP contribution in [0, 0.1) is 6.92 Å². The number of thiazole rings is 1. The molecule has 0 amide bonds. The fraction of sp³-hybridized carbons (Fsp3) is 0.357. The highest BCUT2D eigenvalue weighted by molar-refractivity contribution is 9.11. The first-order valence-electron chi connectivity index (χ1n) is 6.15. The molecule has 2 nitrogen and oxygen atoms in total. The summed E-state index contributed by atoms with van der Waals surface area (Å²) in [5.41, 5.74) is 2.45. The second-order valence-electron chi connectivity index (χ2n) is 4.45. The maximum absolute atomic E-state index is 4.47. The highest BCUT2D eigenvalue weighted by Crippen LogP contribution is 2.26. The maximum atomic E-state index is 4.47. The Hall–Kier alpha value is -0.230. The monoisotopic (exact) mass is 402 g/mol. The van der Waals surface area contributed by atoms with Gasteiger partial charge < -0.3 is 5.32 Å². The van der Waals surface area contributed by atoms with Gasteiger partial charge in [0, 0.05) is 33.3 Å². The Kier molecular flexibility index (Phi) is 5.57. The average molecular weight is 404 g/mol. The van der Waals surface area contributed by atoms with Gasteiger partial charge in [-0.3, -0.25) is 0 Å². The second-order valence-corrected chi connectivity index (χ2v) is 7.28. The molecule has 2 rings (SSSR count). The van der Waals surface area contributed by atoms with E-state index >= 15 is 0 Å². The Bertz CT molecular complexity index is 554. The number of hydrogen-bond acceptors (Lipinski definition) is 3. The smallest absolute Gasteiger partial charge is 0.0897 e. The fourth-order valence-corrected chi connectivity index (χ4v) is 3.94. The SMILES string of the molecule is Cc1nc(CCNC(C)c2ccc(Br)cc2Br)cs1. The molecule has 0 aliphatic carbocycles. The van der Waals surface area contributed by atoms with E-state index in [9.17, 15) is 0 Å². The lowest BCUT2D eigenvalue weighted by atomic mass is 10.1. The number of hydrogen-bond donors (Lipinski definition) is 1. The first-order chi connectivity index (χ1) is 9.06.